The largest absolute Gasteiger partial charge is 0.338 e. The molecule has 88 valence electrons. The standard InChI is InChI=1S/C10H17N5O/c1-3-7-15(4-2)10(16)8-5-6-9(12-11)14-13-8/h5-6H,3-4,7,11H2,1-2H3,(H,12,14). The summed E-state index contributed by atoms with van der Waals surface area (Å²) in [5, 5.41) is 7.58. The molecule has 0 radical (unpaired) electrons. The minimum absolute atomic E-state index is 0.0968. The van der Waals surface area contributed by atoms with E-state index in [0.29, 0.717) is 18.1 Å². The first kappa shape index (κ1) is 12.4. The molecule has 0 atom stereocenters. The lowest BCUT2D eigenvalue weighted by molar-refractivity contribution is 0.0757. The number of carbonyl (C=O) groups excluding carboxylic acids is 1. The first-order valence-electron chi connectivity index (χ1n) is 5.32. The van der Waals surface area contributed by atoms with Crippen LogP contribution in [0.15, 0.2) is 12.1 Å². The maximum absolute atomic E-state index is 11.9. The molecule has 0 aromatic carbocycles. The SMILES string of the molecule is CCCN(CC)C(=O)c1ccc(NN)nn1. The van der Waals surface area contributed by atoms with E-state index in [0.717, 1.165) is 13.0 Å². The average molecular weight is 223 g/mol. The number of nitrogens with zero attached hydrogens (tertiary/aromatic N) is 3. The molecule has 0 aliphatic carbocycles. The van der Waals surface area contributed by atoms with Gasteiger partial charge in [0.2, 0.25) is 0 Å². The van der Waals surface area contributed by atoms with Gasteiger partial charge >= 0.3 is 0 Å². The number of hydrogen-bond acceptors (Lipinski definition) is 5. The van der Waals surface area contributed by atoms with Crippen LogP contribution in [0.1, 0.15) is 30.8 Å². The van der Waals surface area contributed by atoms with Crippen LogP contribution in [0.4, 0.5) is 5.82 Å². The first-order chi connectivity index (χ1) is 7.72. The van der Waals surface area contributed by atoms with E-state index in [9.17, 15) is 4.79 Å². The zero-order valence-corrected chi connectivity index (χ0v) is 9.60. The van der Waals surface area contributed by atoms with Crippen molar-refractivity contribution in [2.75, 3.05) is 18.5 Å². The number of carbonyl (C=O) groups is 1. The van der Waals surface area contributed by atoms with E-state index in [1.807, 2.05) is 13.8 Å². The molecule has 0 bridgehead atoms. The maximum Gasteiger partial charge on any atom is 0.274 e. The third-order valence-corrected chi connectivity index (χ3v) is 2.19. The lowest BCUT2D eigenvalue weighted by atomic mass is 10.3. The van der Waals surface area contributed by atoms with Crippen molar-refractivity contribution in [3.8, 4) is 0 Å². The number of rotatable bonds is 5. The van der Waals surface area contributed by atoms with Crippen LogP contribution in [-0.4, -0.2) is 34.1 Å². The van der Waals surface area contributed by atoms with Crippen molar-refractivity contribution < 1.29 is 4.79 Å². The summed E-state index contributed by atoms with van der Waals surface area (Å²) in [6, 6.07) is 3.24. The fourth-order valence-electron chi connectivity index (χ4n) is 1.36. The summed E-state index contributed by atoms with van der Waals surface area (Å²) < 4.78 is 0. The molecule has 0 aliphatic rings. The van der Waals surface area contributed by atoms with Crippen LogP contribution in [0.5, 0.6) is 0 Å². The van der Waals surface area contributed by atoms with Gasteiger partial charge in [0, 0.05) is 13.1 Å². The highest BCUT2D eigenvalue weighted by Crippen LogP contribution is 2.04. The van der Waals surface area contributed by atoms with Gasteiger partial charge in [-0.25, -0.2) is 5.84 Å². The fraction of sp³-hybridized carbons (Fsp3) is 0.500. The van der Waals surface area contributed by atoms with Crippen LogP contribution in [0.2, 0.25) is 0 Å². The third-order valence-electron chi connectivity index (χ3n) is 2.19. The monoisotopic (exact) mass is 223 g/mol. The van der Waals surface area contributed by atoms with E-state index in [2.05, 4.69) is 15.6 Å². The number of hydrogen-bond donors (Lipinski definition) is 2. The van der Waals surface area contributed by atoms with Crippen LogP contribution in [0.25, 0.3) is 0 Å². The Kier molecular flexibility index (Phi) is 4.65. The van der Waals surface area contributed by atoms with Crippen LogP contribution < -0.4 is 11.3 Å². The Labute approximate surface area is 94.8 Å². The second kappa shape index (κ2) is 6.02. The number of nitrogens with two attached hydrogens (primary N) is 1. The van der Waals surface area contributed by atoms with E-state index in [4.69, 9.17) is 5.84 Å². The van der Waals surface area contributed by atoms with Crippen molar-refractivity contribution in [3.63, 3.8) is 0 Å². The number of anilines is 1. The molecule has 1 aromatic rings. The van der Waals surface area contributed by atoms with Crippen molar-refractivity contribution in [2.45, 2.75) is 20.3 Å². The highest BCUT2D eigenvalue weighted by molar-refractivity contribution is 5.92. The van der Waals surface area contributed by atoms with E-state index in [-0.39, 0.29) is 5.91 Å². The van der Waals surface area contributed by atoms with Crippen LogP contribution >= 0.6 is 0 Å². The van der Waals surface area contributed by atoms with Crippen LogP contribution in [0, 0.1) is 0 Å². The van der Waals surface area contributed by atoms with Gasteiger partial charge in [-0.15, -0.1) is 10.2 Å². The molecule has 1 aromatic heterocycles. The number of nitrogens with one attached hydrogen (secondary N) is 1. The first-order valence-corrected chi connectivity index (χ1v) is 5.32. The second-order valence-electron chi connectivity index (χ2n) is 3.33. The highest BCUT2D eigenvalue weighted by atomic mass is 16.2. The molecule has 0 fully saturated rings. The number of aromatic nitrogens is 2. The van der Waals surface area contributed by atoms with Gasteiger partial charge in [0.25, 0.3) is 5.91 Å². The molecular formula is C10H17N5O. The van der Waals surface area contributed by atoms with Crippen molar-refractivity contribution in [1.29, 1.82) is 0 Å². The van der Waals surface area contributed by atoms with E-state index < -0.39 is 0 Å². The van der Waals surface area contributed by atoms with Gasteiger partial charge in [-0.2, -0.15) is 0 Å². The summed E-state index contributed by atoms with van der Waals surface area (Å²) in [4.78, 5) is 13.7. The zero-order valence-electron chi connectivity index (χ0n) is 9.60. The number of nitrogen functional groups attached to an aromatic ring is 1. The molecule has 0 saturated heterocycles. The number of amides is 1. The van der Waals surface area contributed by atoms with E-state index in [1.165, 1.54) is 0 Å². The Bertz CT molecular complexity index is 338. The van der Waals surface area contributed by atoms with Gasteiger partial charge in [0.15, 0.2) is 11.5 Å². The lowest BCUT2D eigenvalue weighted by Crippen LogP contribution is -2.32. The predicted molar refractivity (Wildman–Crippen MR) is 61.7 cm³/mol. The fourth-order valence-corrected chi connectivity index (χ4v) is 1.36. The molecule has 0 saturated carbocycles. The average Bonchev–Trinajstić information content (AvgIpc) is 2.35. The van der Waals surface area contributed by atoms with Gasteiger partial charge < -0.3 is 10.3 Å². The summed E-state index contributed by atoms with van der Waals surface area (Å²) in [5.41, 5.74) is 2.70. The normalized spacial score (nSPS) is 9.94. The van der Waals surface area contributed by atoms with Crippen molar-refractivity contribution in [3.05, 3.63) is 17.8 Å². The summed E-state index contributed by atoms with van der Waals surface area (Å²) in [6.07, 6.45) is 0.926. The minimum Gasteiger partial charge on any atom is -0.338 e. The van der Waals surface area contributed by atoms with Gasteiger partial charge in [0.1, 0.15) is 0 Å². The number of hydrazine groups is 1. The molecule has 1 rings (SSSR count). The molecule has 0 unspecified atom stereocenters. The quantitative estimate of drug-likeness (QED) is 0.565. The van der Waals surface area contributed by atoms with Gasteiger partial charge in [-0.05, 0) is 25.5 Å². The summed E-state index contributed by atoms with van der Waals surface area (Å²) >= 11 is 0. The molecular weight excluding hydrogens is 206 g/mol. The van der Waals surface area contributed by atoms with Crippen molar-refractivity contribution >= 4 is 11.7 Å². The topological polar surface area (TPSA) is 84.1 Å². The Morgan fingerprint density at radius 3 is 2.62 bits per heavy atom. The Morgan fingerprint density at radius 1 is 1.44 bits per heavy atom. The Morgan fingerprint density at radius 2 is 2.19 bits per heavy atom. The molecule has 6 nitrogen and oxygen atoms in total. The molecule has 0 aliphatic heterocycles. The van der Waals surface area contributed by atoms with Crippen molar-refractivity contribution in [2.24, 2.45) is 5.84 Å². The smallest absolute Gasteiger partial charge is 0.274 e. The van der Waals surface area contributed by atoms with Crippen LogP contribution in [-0.2, 0) is 0 Å². The summed E-state index contributed by atoms with van der Waals surface area (Å²) in [6.45, 7) is 5.37. The second-order valence-corrected chi connectivity index (χ2v) is 3.33. The molecule has 3 N–H and O–H groups in total. The summed E-state index contributed by atoms with van der Waals surface area (Å²) in [7, 11) is 0. The molecule has 1 amide bonds. The lowest BCUT2D eigenvalue weighted by Gasteiger charge is -2.19. The molecule has 1 heterocycles. The predicted octanol–water partition coefficient (Wildman–Crippen LogP) is 0.634. The van der Waals surface area contributed by atoms with Crippen LogP contribution in [0.3, 0.4) is 0 Å². The minimum atomic E-state index is -0.0968. The van der Waals surface area contributed by atoms with E-state index >= 15 is 0 Å². The molecule has 16 heavy (non-hydrogen) atoms. The maximum atomic E-state index is 11.9. The highest BCUT2D eigenvalue weighted by Gasteiger charge is 2.14. The van der Waals surface area contributed by atoms with Gasteiger partial charge in [-0.3, -0.25) is 4.79 Å². The van der Waals surface area contributed by atoms with Crippen molar-refractivity contribution in [1.82, 2.24) is 15.1 Å². The van der Waals surface area contributed by atoms with Gasteiger partial charge in [0.05, 0.1) is 0 Å². The third kappa shape index (κ3) is 2.90. The molecule has 6 heteroatoms. The Balaban J connectivity index is 2.78. The van der Waals surface area contributed by atoms with Gasteiger partial charge in [-0.1, -0.05) is 6.92 Å². The zero-order chi connectivity index (χ0) is 12.0. The summed E-state index contributed by atoms with van der Waals surface area (Å²) in [5.74, 6) is 5.50. The Hall–Kier alpha value is -1.69. The molecule has 0 spiro atoms. The van der Waals surface area contributed by atoms with E-state index in [1.54, 1.807) is 17.0 Å².